The molecule has 2 unspecified atom stereocenters. The summed E-state index contributed by atoms with van der Waals surface area (Å²) < 4.78 is 26.5. The highest BCUT2D eigenvalue weighted by molar-refractivity contribution is 5.84. The molecule has 2 rings (SSSR count). The number of hydrogen-bond acceptors (Lipinski definition) is 8. The highest BCUT2D eigenvalue weighted by Gasteiger charge is 2.23. The van der Waals surface area contributed by atoms with Crippen molar-refractivity contribution in [1.82, 2.24) is 0 Å². The van der Waals surface area contributed by atoms with E-state index in [0.29, 0.717) is 10.9 Å². The molecule has 28 heavy (non-hydrogen) atoms. The summed E-state index contributed by atoms with van der Waals surface area (Å²) in [5.41, 5.74) is 0.431. The lowest BCUT2D eigenvalue weighted by molar-refractivity contribution is -0.152. The van der Waals surface area contributed by atoms with Crippen LogP contribution in [0.5, 0.6) is 11.5 Å². The Bertz CT molecular complexity index is 914. The summed E-state index contributed by atoms with van der Waals surface area (Å²) >= 11 is 0. The van der Waals surface area contributed by atoms with Crippen molar-refractivity contribution in [3.8, 4) is 11.5 Å². The zero-order valence-electron chi connectivity index (χ0n) is 16.6. The Balaban J connectivity index is 2.46. The van der Waals surface area contributed by atoms with E-state index in [2.05, 4.69) is 0 Å². The number of rotatable bonds is 8. The van der Waals surface area contributed by atoms with Gasteiger partial charge in [0.05, 0.1) is 13.2 Å². The fourth-order valence-electron chi connectivity index (χ4n) is 2.51. The average Bonchev–Trinajstić information content (AvgIpc) is 2.62. The van der Waals surface area contributed by atoms with E-state index >= 15 is 0 Å². The molecule has 1 aromatic heterocycles. The molecule has 0 saturated heterocycles. The molecule has 0 aliphatic rings. The highest BCUT2D eigenvalue weighted by Crippen LogP contribution is 2.35. The Kier molecular flexibility index (Phi) is 7.03. The van der Waals surface area contributed by atoms with Crippen LogP contribution in [0.2, 0.25) is 0 Å². The third-order valence-corrected chi connectivity index (χ3v) is 3.86. The molecule has 0 N–H and O–H groups in total. The molecule has 2 atom stereocenters. The predicted octanol–water partition coefficient (Wildman–Crippen LogP) is 2.76. The van der Waals surface area contributed by atoms with E-state index in [-0.39, 0.29) is 30.3 Å². The van der Waals surface area contributed by atoms with E-state index in [1.807, 2.05) is 0 Å². The van der Waals surface area contributed by atoms with Gasteiger partial charge in [0.25, 0.3) is 0 Å². The number of aryl methyl sites for hydroxylation is 1. The predicted molar refractivity (Wildman–Crippen MR) is 101 cm³/mol. The van der Waals surface area contributed by atoms with Crippen LogP contribution >= 0.6 is 0 Å². The Morgan fingerprint density at radius 3 is 1.93 bits per heavy atom. The molecule has 0 spiro atoms. The van der Waals surface area contributed by atoms with Crippen LogP contribution in [0, 0.1) is 6.92 Å². The summed E-state index contributed by atoms with van der Waals surface area (Å²) in [7, 11) is 0. The second-order valence-electron chi connectivity index (χ2n) is 6.07. The van der Waals surface area contributed by atoms with Crippen LogP contribution in [0.4, 0.5) is 0 Å². The lowest BCUT2D eigenvalue weighted by Crippen LogP contribution is -2.28. The standard InChI is InChI=1S/C20H24O8/c1-6-24-19(22)12(4)26-16-9-14-11(3)8-18(21)28-15(14)10-17(16)27-13(5)20(23)25-7-2/h8-10,12-13H,6-7H2,1-5H3. The second kappa shape index (κ2) is 9.25. The van der Waals surface area contributed by atoms with Gasteiger partial charge in [-0.1, -0.05) is 0 Å². The lowest BCUT2D eigenvalue weighted by Gasteiger charge is -2.19. The van der Waals surface area contributed by atoms with E-state index in [1.54, 1.807) is 33.8 Å². The van der Waals surface area contributed by atoms with E-state index in [0.717, 1.165) is 0 Å². The van der Waals surface area contributed by atoms with Gasteiger partial charge in [-0.3, -0.25) is 0 Å². The summed E-state index contributed by atoms with van der Waals surface area (Å²) in [6.07, 6.45) is -1.84. The Morgan fingerprint density at radius 2 is 1.43 bits per heavy atom. The summed E-state index contributed by atoms with van der Waals surface area (Å²) in [5.74, 6) is -0.750. The summed E-state index contributed by atoms with van der Waals surface area (Å²) in [6.45, 7) is 8.63. The third kappa shape index (κ3) is 5.03. The van der Waals surface area contributed by atoms with E-state index in [1.165, 1.54) is 19.1 Å². The van der Waals surface area contributed by atoms with Crippen LogP contribution in [-0.4, -0.2) is 37.4 Å². The molecular weight excluding hydrogens is 368 g/mol. The van der Waals surface area contributed by atoms with E-state index in [4.69, 9.17) is 23.4 Å². The molecule has 0 amide bonds. The van der Waals surface area contributed by atoms with Gasteiger partial charge in [-0.15, -0.1) is 0 Å². The monoisotopic (exact) mass is 392 g/mol. The van der Waals surface area contributed by atoms with Crippen molar-refractivity contribution in [1.29, 1.82) is 0 Å². The quantitative estimate of drug-likeness (QED) is 0.499. The molecule has 1 aromatic carbocycles. The molecule has 0 bridgehead atoms. The molecule has 0 fully saturated rings. The zero-order valence-corrected chi connectivity index (χ0v) is 16.6. The highest BCUT2D eigenvalue weighted by atomic mass is 16.6. The minimum atomic E-state index is -0.936. The minimum Gasteiger partial charge on any atom is -0.475 e. The molecule has 0 radical (unpaired) electrons. The van der Waals surface area contributed by atoms with Gasteiger partial charge in [0.2, 0.25) is 0 Å². The molecule has 152 valence electrons. The largest absolute Gasteiger partial charge is 0.475 e. The summed E-state index contributed by atoms with van der Waals surface area (Å²) in [5, 5.41) is 0.613. The lowest BCUT2D eigenvalue weighted by atomic mass is 10.1. The summed E-state index contributed by atoms with van der Waals surface area (Å²) in [4.78, 5) is 35.5. The Labute approximate surface area is 162 Å². The van der Waals surface area contributed by atoms with Crippen LogP contribution in [0.3, 0.4) is 0 Å². The number of carbonyl (C=O) groups excluding carboxylic acids is 2. The van der Waals surface area contributed by atoms with Crippen molar-refractivity contribution >= 4 is 22.9 Å². The summed E-state index contributed by atoms with van der Waals surface area (Å²) in [6, 6.07) is 4.39. The molecular formula is C20H24O8. The Morgan fingerprint density at radius 1 is 0.929 bits per heavy atom. The first-order valence-electron chi connectivity index (χ1n) is 9.01. The van der Waals surface area contributed by atoms with Crippen molar-refractivity contribution < 1.29 is 33.0 Å². The van der Waals surface area contributed by atoms with Crippen molar-refractivity contribution in [3.05, 3.63) is 34.2 Å². The van der Waals surface area contributed by atoms with Crippen molar-refractivity contribution in [3.63, 3.8) is 0 Å². The number of fused-ring (bicyclic) bond motifs is 1. The Hall–Kier alpha value is -3.03. The first-order valence-corrected chi connectivity index (χ1v) is 9.01. The van der Waals surface area contributed by atoms with Crippen LogP contribution in [-0.2, 0) is 19.1 Å². The fraction of sp³-hybridized carbons (Fsp3) is 0.450. The first kappa shape index (κ1) is 21.3. The fourth-order valence-corrected chi connectivity index (χ4v) is 2.51. The van der Waals surface area contributed by atoms with Gasteiger partial charge in [0, 0.05) is 17.5 Å². The normalized spacial score (nSPS) is 12.9. The van der Waals surface area contributed by atoms with Gasteiger partial charge in [-0.2, -0.15) is 0 Å². The van der Waals surface area contributed by atoms with Gasteiger partial charge in [-0.05, 0) is 46.2 Å². The van der Waals surface area contributed by atoms with Crippen molar-refractivity contribution in [2.24, 2.45) is 0 Å². The van der Waals surface area contributed by atoms with Gasteiger partial charge < -0.3 is 23.4 Å². The number of ether oxygens (including phenoxy) is 4. The van der Waals surface area contributed by atoms with Gasteiger partial charge in [-0.25, -0.2) is 14.4 Å². The van der Waals surface area contributed by atoms with Crippen LogP contribution in [0.25, 0.3) is 11.0 Å². The molecule has 0 aliphatic heterocycles. The maximum atomic E-state index is 11.9. The van der Waals surface area contributed by atoms with E-state index in [9.17, 15) is 14.4 Å². The molecule has 8 heteroatoms. The molecule has 0 saturated carbocycles. The van der Waals surface area contributed by atoms with Gasteiger partial charge >= 0.3 is 17.6 Å². The van der Waals surface area contributed by atoms with Crippen LogP contribution < -0.4 is 15.1 Å². The number of esters is 2. The van der Waals surface area contributed by atoms with Crippen LogP contribution in [0.1, 0.15) is 33.3 Å². The number of carbonyl (C=O) groups is 2. The maximum absolute atomic E-state index is 11.9. The van der Waals surface area contributed by atoms with Crippen molar-refractivity contribution in [2.45, 2.75) is 46.8 Å². The smallest absolute Gasteiger partial charge is 0.347 e. The SMILES string of the molecule is CCOC(=O)C(C)Oc1cc2oc(=O)cc(C)c2cc1OC(C)C(=O)OCC. The van der Waals surface area contributed by atoms with Crippen molar-refractivity contribution in [2.75, 3.05) is 13.2 Å². The zero-order chi connectivity index (χ0) is 20.8. The topological polar surface area (TPSA) is 101 Å². The molecule has 1 heterocycles. The van der Waals surface area contributed by atoms with Crippen LogP contribution in [0.15, 0.2) is 27.4 Å². The number of benzene rings is 1. The van der Waals surface area contributed by atoms with E-state index < -0.39 is 29.8 Å². The minimum absolute atomic E-state index is 0.137. The third-order valence-electron chi connectivity index (χ3n) is 3.86. The molecule has 0 aliphatic carbocycles. The number of hydrogen-bond donors (Lipinski definition) is 0. The van der Waals surface area contributed by atoms with Gasteiger partial charge in [0.1, 0.15) is 5.58 Å². The maximum Gasteiger partial charge on any atom is 0.347 e. The van der Waals surface area contributed by atoms with Gasteiger partial charge in [0.15, 0.2) is 23.7 Å². The molecule has 2 aromatic rings. The first-order chi connectivity index (χ1) is 13.3. The average molecular weight is 392 g/mol. The second-order valence-corrected chi connectivity index (χ2v) is 6.07. The molecule has 8 nitrogen and oxygen atoms in total.